The molecule has 3 nitrogen and oxygen atoms in total. The molecule has 0 aromatic carbocycles. The van der Waals surface area contributed by atoms with Gasteiger partial charge in [0.25, 0.3) is 0 Å². The van der Waals surface area contributed by atoms with Gasteiger partial charge < -0.3 is 15.3 Å². The Kier molecular flexibility index (Phi) is 2.29. The minimum Gasteiger partial charge on any atom is -0.395 e. The number of aliphatic hydroxyl groups is 3. The standard InChI is InChI=1S/C9H16O3/c1-8(6-11)3-4-9(8,2)7(12)5-10/h3-4,7,10-12H,5-6H2,1-2H3. The van der Waals surface area contributed by atoms with Gasteiger partial charge in [0.2, 0.25) is 0 Å². The van der Waals surface area contributed by atoms with Crippen LogP contribution in [0.25, 0.3) is 0 Å². The smallest absolute Gasteiger partial charge is 0.0867 e. The van der Waals surface area contributed by atoms with Gasteiger partial charge in [0, 0.05) is 10.8 Å². The molecular formula is C9H16O3. The van der Waals surface area contributed by atoms with Crippen molar-refractivity contribution in [1.82, 2.24) is 0 Å². The fourth-order valence-electron chi connectivity index (χ4n) is 1.54. The normalized spacial score (nSPS) is 42.4. The van der Waals surface area contributed by atoms with Crippen LogP contribution in [0.1, 0.15) is 13.8 Å². The summed E-state index contributed by atoms with van der Waals surface area (Å²) in [6.45, 7) is 3.43. The molecule has 1 aliphatic rings. The van der Waals surface area contributed by atoms with Crippen LogP contribution in [-0.4, -0.2) is 34.6 Å². The van der Waals surface area contributed by atoms with Crippen LogP contribution in [0.5, 0.6) is 0 Å². The van der Waals surface area contributed by atoms with Crippen LogP contribution in [0.15, 0.2) is 12.2 Å². The van der Waals surface area contributed by atoms with Crippen LogP contribution in [0.4, 0.5) is 0 Å². The summed E-state index contributed by atoms with van der Waals surface area (Å²) >= 11 is 0. The Morgan fingerprint density at radius 3 is 2.08 bits per heavy atom. The molecule has 1 aliphatic carbocycles. The topological polar surface area (TPSA) is 60.7 Å². The first kappa shape index (κ1) is 9.71. The van der Waals surface area contributed by atoms with Crippen molar-refractivity contribution in [2.24, 2.45) is 10.8 Å². The van der Waals surface area contributed by atoms with E-state index >= 15 is 0 Å². The summed E-state index contributed by atoms with van der Waals surface area (Å²) in [5.74, 6) is 0. The lowest BCUT2D eigenvalue weighted by Gasteiger charge is -2.51. The molecule has 70 valence electrons. The summed E-state index contributed by atoms with van der Waals surface area (Å²) in [5.41, 5.74) is -0.883. The van der Waals surface area contributed by atoms with Crippen LogP contribution in [0, 0.1) is 10.8 Å². The Balaban J connectivity index is 2.82. The van der Waals surface area contributed by atoms with Crippen molar-refractivity contribution < 1.29 is 15.3 Å². The van der Waals surface area contributed by atoms with Crippen molar-refractivity contribution in [2.45, 2.75) is 20.0 Å². The molecule has 3 atom stereocenters. The van der Waals surface area contributed by atoms with Gasteiger partial charge in [-0.2, -0.15) is 0 Å². The molecule has 0 saturated carbocycles. The first-order chi connectivity index (χ1) is 5.50. The van der Waals surface area contributed by atoms with Crippen molar-refractivity contribution >= 4 is 0 Å². The van der Waals surface area contributed by atoms with Crippen molar-refractivity contribution in [3.05, 3.63) is 12.2 Å². The zero-order valence-electron chi connectivity index (χ0n) is 7.49. The van der Waals surface area contributed by atoms with Gasteiger partial charge in [0.05, 0.1) is 19.3 Å². The van der Waals surface area contributed by atoms with E-state index < -0.39 is 16.9 Å². The highest BCUT2D eigenvalue weighted by Gasteiger charge is 2.51. The molecule has 0 spiro atoms. The second-order valence-electron chi connectivity index (χ2n) is 3.89. The molecule has 12 heavy (non-hydrogen) atoms. The summed E-state index contributed by atoms with van der Waals surface area (Å²) in [6, 6.07) is 0. The van der Waals surface area contributed by atoms with Gasteiger partial charge in [-0.25, -0.2) is 0 Å². The molecular weight excluding hydrogens is 156 g/mol. The fourth-order valence-corrected chi connectivity index (χ4v) is 1.54. The molecule has 0 aliphatic heterocycles. The minimum absolute atomic E-state index is 0.00292. The maximum absolute atomic E-state index is 9.49. The molecule has 0 saturated heterocycles. The summed E-state index contributed by atoms with van der Waals surface area (Å²) < 4.78 is 0. The molecule has 0 amide bonds. The minimum atomic E-state index is -0.792. The summed E-state index contributed by atoms with van der Waals surface area (Å²) in [5, 5.41) is 27.4. The monoisotopic (exact) mass is 172 g/mol. The lowest BCUT2D eigenvalue weighted by atomic mass is 9.55. The molecule has 0 fully saturated rings. The van der Waals surface area contributed by atoms with E-state index in [0.717, 1.165) is 0 Å². The van der Waals surface area contributed by atoms with Crippen molar-refractivity contribution in [3.8, 4) is 0 Å². The second kappa shape index (κ2) is 2.83. The van der Waals surface area contributed by atoms with Gasteiger partial charge in [-0.1, -0.05) is 26.0 Å². The van der Waals surface area contributed by atoms with Crippen LogP contribution in [-0.2, 0) is 0 Å². The quantitative estimate of drug-likeness (QED) is 0.522. The molecule has 0 radical (unpaired) electrons. The van der Waals surface area contributed by atoms with E-state index in [2.05, 4.69) is 0 Å². The highest BCUT2D eigenvalue weighted by Crippen LogP contribution is 2.51. The van der Waals surface area contributed by atoms with E-state index in [-0.39, 0.29) is 13.2 Å². The highest BCUT2D eigenvalue weighted by atomic mass is 16.3. The maximum Gasteiger partial charge on any atom is 0.0867 e. The third kappa shape index (κ3) is 1.01. The molecule has 3 N–H and O–H groups in total. The van der Waals surface area contributed by atoms with Crippen LogP contribution in [0.2, 0.25) is 0 Å². The van der Waals surface area contributed by atoms with Gasteiger partial charge in [-0.05, 0) is 0 Å². The average molecular weight is 172 g/mol. The first-order valence-corrected chi connectivity index (χ1v) is 4.10. The summed E-state index contributed by atoms with van der Waals surface area (Å²) in [6.07, 6.45) is 2.91. The molecule has 3 heteroatoms. The predicted octanol–water partition coefficient (Wildman–Crippen LogP) is -0.0857. The van der Waals surface area contributed by atoms with Crippen molar-refractivity contribution in [3.63, 3.8) is 0 Å². The second-order valence-corrected chi connectivity index (χ2v) is 3.89. The number of rotatable bonds is 3. The highest BCUT2D eigenvalue weighted by molar-refractivity contribution is 5.26. The Bertz CT molecular complexity index is 202. The molecule has 0 heterocycles. The third-order valence-corrected chi connectivity index (χ3v) is 3.22. The van der Waals surface area contributed by atoms with Gasteiger partial charge in [0.1, 0.15) is 0 Å². The SMILES string of the molecule is CC1(CO)C=CC1(C)C(O)CO. The van der Waals surface area contributed by atoms with Crippen LogP contribution in [0.3, 0.4) is 0 Å². The van der Waals surface area contributed by atoms with Crippen molar-refractivity contribution in [1.29, 1.82) is 0 Å². The number of hydrogen-bond acceptors (Lipinski definition) is 3. The van der Waals surface area contributed by atoms with Gasteiger partial charge >= 0.3 is 0 Å². The van der Waals surface area contributed by atoms with E-state index in [1.54, 1.807) is 0 Å². The number of hydrogen-bond donors (Lipinski definition) is 3. The zero-order chi connectivity index (χ0) is 9.41. The average Bonchev–Trinajstić information content (AvgIpc) is 2.11. The Hall–Kier alpha value is -0.380. The summed E-state index contributed by atoms with van der Waals surface area (Å²) in [4.78, 5) is 0. The molecule has 0 bridgehead atoms. The first-order valence-electron chi connectivity index (χ1n) is 4.10. The Morgan fingerprint density at radius 1 is 1.25 bits per heavy atom. The van der Waals surface area contributed by atoms with Crippen LogP contribution >= 0.6 is 0 Å². The molecule has 0 aromatic heterocycles. The molecule has 0 aromatic rings. The van der Waals surface area contributed by atoms with E-state index in [0.29, 0.717) is 0 Å². The number of aliphatic hydroxyl groups excluding tert-OH is 3. The predicted molar refractivity (Wildman–Crippen MR) is 45.5 cm³/mol. The maximum atomic E-state index is 9.49. The fraction of sp³-hybridized carbons (Fsp3) is 0.778. The van der Waals surface area contributed by atoms with E-state index in [1.807, 2.05) is 26.0 Å². The van der Waals surface area contributed by atoms with Gasteiger partial charge in [-0.3, -0.25) is 0 Å². The van der Waals surface area contributed by atoms with Gasteiger partial charge in [-0.15, -0.1) is 0 Å². The lowest BCUT2D eigenvalue weighted by molar-refractivity contribution is -0.0675. The van der Waals surface area contributed by atoms with Gasteiger partial charge in [0.15, 0.2) is 0 Å². The Labute approximate surface area is 72.3 Å². The van der Waals surface area contributed by atoms with Crippen LogP contribution < -0.4 is 0 Å². The third-order valence-electron chi connectivity index (χ3n) is 3.22. The lowest BCUT2D eigenvalue weighted by Crippen LogP contribution is -2.52. The van der Waals surface area contributed by atoms with Crippen molar-refractivity contribution in [2.75, 3.05) is 13.2 Å². The molecule has 1 rings (SSSR count). The van der Waals surface area contributed by atoms with E-state index in [1.165, 1.54) is 0 Å². The molecule has 3 unspecified atom stereocenters. The Morgan fingerprint density at radius 2 is 1.83 bits per heavy atom. The van der Waals surface area contributed by atoms with E-state index in [4.69, 9.17) is 10.2 Å². The zero-order valence-corrected chi connectivity index (χ0v) is 7.49. The summed E-state index contributed by atoms with van der Waals surface area (Å²) in [7, 11) is 0. The van der Waals surface area contributed by atoms with E-state index in [9.17, 15) is 5.11 Å². The largest absolute Gasteiger partial charge is 0.395 e.